The number of hydrogen-bond acceptors (Lipinski definition) is 0. The molecule has 1 aliphatic carbocycles. The Morgan fingerprint density at radius 2 is 1.06 bits per heavy atom. The van der Waals surface area contributed by atoms with Gasteiger partial charge in [0, 0.05) is 8.07 Å². The summed E-state index contributed by atoms with van der Waals surface area (Å²) in [6.45, 7) is 27.9. The second kappa shape index (κ2) is 17.3. The molecule has 48 heavy (non-hydrogen) atoms. The molecule has 0 spiro atoms. The van der Waals surface area contributed by atoms with Gasteiger partial charge in [-0.2, -0.15) is 51.2 Å². The number of fused-ring (bicyclic) bond motifs is 3. The second-order valence-corrected chi connectivity index (χ2v) is 26.4. The SMILES string of the molecule is Cc1[c-]c2c(cc1[Si](C)(C)C)-c1cc([Si](C)(C)C)c(C)cc1C2.Cc1[cH-]c(C)c(C)c1C.[Cl-].[Cl-].[Zr+2]=[C](c1ccccc1)c1ccccc1. The molecule has 0 amide bonds. The monoisotopic (exact) mass is 784 g/mol. The first-order valence-corrected chi connectivity index (χ1v) is 24.8. The van der Waals surface area contributed by atoms with E-state index in [1.165, 1.54) is 94.2 Å². The zero-order chi connectivity index (χ0) is 34.0. The summed E-state index contributed by atoms with van der Waals surface area (Å²) in [4.78, 5) is 0. The van der Waals surface area contributed by atoms with Crippen LogP contribution in [-0.4, -0.2) is 19.4 Å². The Kier molecular flexibility index (Phi) is 15.2. The Hall–Kier alpha value is -2.00. The van der Waals surface area contributed by atoms with E-state index in [-0.39, 0.29) is 24.8 Å². The van der Waals surface area contributed by atoms with Crippen molar-refractivity contribution in [2.45, 2.75) is 87.2 Å². The van der Waals surface area contributed by atoms with Gasteiger partial charge in [0.15, 0.2) is 0 Å². The molecule has 5 heteroatoms. The summed E-state index contributed by atoms with van der Waals surface area (Å²) in [6.07, 6.45) is 1.06. The molecule has 0 atom stereocenters. The van der Waals surface area contributed by atoms with Crippen LogP contribution >= 0.6 is 0 Å². The van der Waals surface area contributed by atoms with Crippen LogP contribution in [0.2, 0.25) is 39.3 Å². The van der Waals surface area contributed by atoms with Crippen LogP contribution in [0.4, 0.5) is 0 Å². The Balaban J connectivity index is 0.000000273. The third-order valence-electron chi connectivity index (χ3n) is 9.38. The summed E-state index contributed by atoms with van der Waals surface area (Å²) in [5, 5.41) is 3.18. The van der Waals surface area contributed by atoms with E-state index in [4.69, 9.17) is 0 Å². The Morgan fingerprint density at radius 1 is 0.625 bits per heavy atom. The minimum absolute atomic E-state index is 0. The molecule has 0 radical (unpaired) electrons. The van der Waals surface area contributed by atoms with Crippen molar-refractivity contribution in [3.05, 3.63) is 147 Å². The van der Waals surface area contributed by atoms with Crippen molar-refractivity contribution in [1.29, 1.82) is 0 Å². The van der Waals surface area contributed by atoms with Gasteiger partial charge in [-0.3, -0.25) is 0 Å². The van der Waals surface area contributed by atoms with Gasteiger partial charge in [-0.05, 0) is 18.9 Å². The van der Waals surface area contributed by atoms with Crippen LogP contribution in [0.5, 0.6) is 0 Å². The predicted octanol–water partition coefficient (Wildman–Crippen LogP) is 4.21. The quantitative estimate of drug-likeness (QED) is 0.186. The molecule has 0 saturated heterocycles. The van der Waals surface area contributed by atoms with Crippen LogP contribution in [0.15, 0.2) is 84.9 Å². The van der Waals surface area contributed by atoms with Crippen molar-refractivity contribution < 1.29 is 49.0 Å². The molecule has 252 valence electrons. The van der Waals surface area contributed by atoms with Gasteiger partial charge in [-0.1, -0.05) is 102 Å². The van der Waals surface area contributed by atoms with Gasteiger partial charge < -0.3 is 24.8 Å². The molecule has 0 bridgehead atoms. The molecule has 0 N–H and O–H groups in total. The molecular formula is C43H52Cl2Si2Zr-2. The first kappa shape index (κ1) is 42.2. The number of aryl methyl sites for hydroxylation is 4. The molecule has 5 aromatic carbocycles. The summed E-state index contributed by atoms with van der Waals surface area (Å²) in [5.41, 5.74) is 17.1. The molecule has 0 unspecified atom stereocenters. The third kappa shape index (κ3) is 10.0. The minimum atomic E-state index is -1.33. The number of rotatable bonds is 4. The van der Waals surface area contributed by atoms with Crippen LogP contribution in [-0.2, 0) is 30.7 Å². The summed E-state index contributed by atoms with van der Waals surface area (Å²) in [6, 6.07) is 34.5. The van der Waals surface area contributed by atoms with Crippen molar-refractivity contribution in [3.8, 4) is 11.1 Å². The molecule has 0 nitrogen and oxygen atoms in total. The van der Waals surface area contributed by atoms with Crippen LogP contribution in [0.1, 0.15) is 55.6 Å². The zero-order valence-electron chi connectivity index (χ0n) is 31.0. The van der Waals surface area contributed by atoms with Crippen LogP contribution in [0.3, 0.4) is 0 Å². The van der Waals surface area contributed by atoms with Crippen molar-refractivity contribution in [1.82, 2.24) is 0 Å². The first-order chi connectivity index (χ1) is 21.5. The first-order valence-electron chi connectivity index (χ1n) is 16.6. The number of halogens is 2. The van der Waals surface area contributed by atoms with E-state index in [0.29, 0.717) is 0 Å². The fourth-order valence-electron chi connectivity index (χ4n) is 6.53. The maximum atomic E-state index is 3.73. The third-order valence-corrected chi connectivity index (χ3v) is 15.1. The van der Waals surface area contributed by atoms with Gasteiger partial charge in [0.05, 0.1) is 8.07 Å². The molecule has 1 aliphatic rings. The van der Waals surface area contributed by atoms with Gasteiger partial charge in [-0.25, -0.2) is 0 Å². The molecule has 6 rings (SSSR count). The van der Waals surface area contributed by atoms with E-state index in [1.807, 2.05) is 0 Å². The maximum absolute atomic E-state index is 3.73. The van der Waals surface area contributed by atoms with Crippen molar-refractivity contribution >= 4 is 29.7 Å². The average molecular weight is 787 g/mol. The van der Waals surface area contributed by atoms with Crippen LogP contribution in [0.25, 0.3) is 11.1 Å². The topological polar surface area (TPSA) is 0 Å². The molecule has 0 fully saturated rings. The van der Waals surface area contributed by atoms with Crippen molar-refractivity contribution in [3.63, 3.8) is 0 Å². The van der Waals surface area contributed by atoms with E-state index in [9.17, 15) is 0 Å². The molecule has 0 saturated carbocycles. The van der Waals surface area contributed by atoms with Crippen molar-refractivity contribution in [2.75, 3.05) is 0 Å². The Labute approximate surface area is 321 Å². The molecule has 0 aromatic heterocycles. The van der Waals surface area contributed by atoms with Crippen LogP contribution < -0.4 is 35.2 Å². The summed E-state index contributed by atoms with van der Waals surface area (Å²) in [5.74, 6) is 0. The van der Waals surface area contributed by atoms with E-state index in [2.05, 4.69) is 172 Å². The van der Waals surface area contributed by atoms with Gasteiger partial charge in [0.25, 0.3) is 0 Å². The van der Waals surface area contributed by atoms with Crippen molar-refractivity contribution in [2.24, 2.45) is 0 Å². The molecule has 0 aliphatic heterocycles. The average Bonchev–Trinajstić information content (AvgIpc) is 3.45. The zero-order valence-corrected chi connectivity index (χ0v) is 37.0. The fraction of sp³-hybridized carbons (Fsp3) is 0.302. The standard InChI is InChI=1S/C21H29Si2.C13H10.C9H13.2ClH.Zr/c1-14-9-16-11-17-10-15(2)21(23(6,7)8)13-19(17)18(16)12-20(14)22(3,4)5;1-3-7-12(8-4-1)11-13-9-5-2-6-10-13;1-6-5-7(2)9(4)8(6)3;;;/h9,12-13H,11H2,1-8H3;1-10H;5H,1-4H3;2*1H;/q-1;;-1;;;+2/p-2. The summed E-state index contributed by atoms with van der Waals surface area (Å²) < 4.78 is 1.42. The van der Waals surface area contributed by atoms with Gasteiger partial charge in [0.1, 0.15) is 0 Å². The predicted molar refractivity (Wildman–Crippen MR) is 206 cm³/mol. The van der Waals surface area contributed by atoms with Gasteiger partial charge in [0.2, 0.25) is 0 Å². The summed E-state index contributed by atoms with van der Waals surface area (Å²) in [7, 11) is -2.63. The van der Waals surface area contributed by atoms with Crippen LogP contribution in [0, 0.1) is 47.6 Å². The second-order valence-electron chi connectivity index (χ2n) is 15.1. The van der Waals surface area contributed by atoms with E-state index in [0.717, 1.165) is 6.42 Å². The van der Waals surface area contributed by atoms with E-state index >= 15 is 0 Å². The van der Waals surface area contributed by atoms with Gasteiger partial charge >= 0.3 is 99.2 Å². The number of hydrogen-bond donors (Lipinski definition) is 0. The summed E-state index contributed by atoms with van der Waals surface area (Å²) >= 11 is 1.46. The Morgan fingerprint density at radius 3 is 1.46 bits per heavy atom. The molecule has 5 aromatic rings. The molecule has 0 heterocycles. The normalized spacial score (nSPS) is 11.5. The molecular weight excluding hydrogens is 735 g/mol. The van der Waals surface area contributed by atoms with Gasteiger partial charge in [-0.15, -0.1) is 11.1 Å². The fourth-order valence-corrected chi connectivity index (χ4v) is 10.9. The van der Waals surface area contributed by atoms with E-state index < -0.39 is 16.1 Å². The number of benzene rings is 4. The van der Waals surface area contributed by atoms with E-state index in [1.54, 1.807) is 10.4 Å². The Bertz CT molecular complexity index is 1710.